The highest BCUT2D eigenvalue weighted by molar-refractivity contribution is 14.0. The zero-order valence-corrected chi connectivity index (χ0v) is 19.1. The Morgan fingerprint density at radius 3 is 2.58 bits per heavy atom. The molecule has 2 rings (SSSR count). The van der Waals surface area contributed by atoms with Crippen LogP contribution in [-0.4, -0.2) is 64.7 Å². The van der Waals surface area contributed by atoms with E-state index in [0.717, 1.165) is 45.1 Å². The van der Waals surface area contributed by atoms with Crippen LogP contribution in [0.5, 0.6) is 0 Å². The van der Waals surface area contributed by atoms with Crippen molar-refractivity contribution in [3.63, 3.8) is 0 Å². The van der Waals surface area contributed by atoms with Gasteiger partial charge in [0.05, 0.1) is 19.3 Å². The SMILES string of the molecule is CCNC(=NCCCOCCOC)NC1CC(OCC)C12CCCC2.I. The molecule has 0 aromatic rings. The topological polar surface area (TPSA) is 64.1 Å². The summed E-state index contributed by atoms with van der Waals surface area (Å²) in [5.74, 6) is 0.936. The Hall–Kier alpha value is -0.120. The van der Waals surface area contributed by atoms with Gasteiger partial charge in [0.2, 0.25) is 0 Å². The minimum absolute atomic E-state index is 0. The molecule has 7 heteroatoms. The molecule has 0 aromatic heterocycles. The first-order valence-electron chi connectivity index (χ1n) is 10.00. The maximum atomic E-state index is 6.01. The second-order valence-electron chi connectivity index (χ2n) is 7.04. The number of guanidine groups is 1. The summed E-state index contributed by atoms with van der Waals surface area (Å²) in [6, 6.07) is 0.488. The molecule has 2 aliphatic carbocycles. The average Bonchev–Trinajstić information content (AvgIpc) is 3.13. The fourth-order valence-corrected chi connectivity index (χ4v) is 4.18. The fraction of sp³-hybridized carbons (Fsp3) is 0.947. The van der Waals surface area contributed by atoms with Crippen molar-refractivity contribution < 1.29 is 14.2 Å². The predicted molar refractivity (Wildman–Crippen MR) is 117 cm³/mol. The minimum Gasteiger partial charge on any atom is -0.382 e. The largest absolute Gasteiger partial charge is 0.382 e. The Kier molecular flexibility index (Phi) is 12.1. The standard InChI is InChI=1S/C19H37N3O3.HI/c1-4-20-18(21-11-8-12-24-14-13-23-3)22-16-15-17(25-5-2)19(16)9-6-7-10-19;/h16-17H,4-15H2,1-3H3,(H2,20,21,22);1H. The van der Waals surface area contributed by atoms with Gasteiger partial charge in [-0.2, -0.15) is 0 Å². The highest BCUT2D eigenvalue weighted by atomic mass is 127. The van der Waals surface area contributed by atoms with E-state index in [-0.39, 0.29) is 24.0 Å². The van der Waals surface area contributed by atoms with Crippen LogP contribution in [0.2, 0.25) is 0 Å². The molecule has 0 bridgehead atoms. The van der Waals surface area contributed by atoms with Gasteiger partial charge in [-0.25, -0.2) is 0 Å². The number of halogens is 1. The quantitative estimate of drug-likeness (QED) is 0.205. The molecule has 2 atom stereocenters. The monoisotopic (exact) mass is 483 g/mol. The highest BCUT2D eigenvalue weighted by Gasteiger charge is 2.56. The van der Waals surface area contributed by atoms with Gasteiger partial charge in [-0.3, -0.25) is 4.99 Å². The number of hydrogen-bond acceptors (Lipinski definition) is 4. The van der Waals surface area contributed by atoms with E-state index >= 15 is 0 Å². The van der Waals surface area contributed by atoms with Crippen molar-refractivity contribution >= 4 is 29.9 Å². The van der Waals surface area contributed by atoms with E-state index in [9.17, 15) is 0 Å². The number of aliphatic imine (C=N–C) groups is 1. The molecule has 2 aliphatic rings. The molecule has 0 aliphatic heterocycles. The van der Waals surface area contributed by atoms with Crippen LogP contribution in [0.1, 0.15) is 52.4 Å². The van der Waals surface area contributed by atoms with Gasteiger partial charge < -0.3 is 24.8 Å². The van der Waals surface area contributed by atoms with Crippen LogP contribution in [0.4, 0.5) is 0 Å². The predicted octanol–water partition coefficient (Wildman–Crippen LogP) is 2.95. The van der Waals surface area contributed by atoms with E-state index in [1.807, 2.05) is 0 Å². The lowest BCUT2D eigenvalue weighted by atomic mass is 9.60. The van der Waals surface area contributed by atoms with Crippen molar-refractivity contribution in [2.24, 2.45) is 10.4 Å². The van der Waals surface area contributed by atoms with E-state index < -0.39 is 0 Å². The number of rotatable bonds is 11. The third kappa shape index (κ3) is 6.49. The molecule has 0 saturated heterocycles. The summed E-state index contributed by atoms with van der Waals surface area (Å²) in [6.07, 6.45) is 7.66. The molecule has 0 radical (unpaired) electrons. The normalized spacial score (nSPS) is 24.2. The van der Waals surface area contributed by atoms with Crippen molar-refractivity contribution in [2.45, 2.75) is 64.5 Å². The summed E-state index contributed by atoms with van der Waals surface area (Å²) in [5, 5.41) is 7.07. The second kappa shape index (κ2) is 13.1. The van der Waals surface area contributed by atoms with Crippen molar-refractivity contribution in [1.82, 2.24) is 10.6 Å². The van der Waals surface area contributed by atoms with Crippen LogP contribution in [0.25, 0.3) is 0 Å². The second-order valence-corrected chi connectivity index (χ2v) is 7.04. The van der Waals surface area contributed by atoms with Crippen molar-refractivity contribution in [1.29, 1.82) is 0 Å². The zero-order chi connectivity index (χ0) is 18.0. The summed E-state index contributed by atoms with van der Waals surface area (Å²) in [6.45, 7) is 8.72. The molecule has 154 valence electrons. The van der Waals surface area contributed by atoms with E-state index in [4.69, 9.17) is 19.2 Å². The first kappa shape index (κ1) is 23.9. The van der Waals surface area contributed by atoms with Crippen molar-refractivity contribution in [2.75, 3.05) is 46.6 Å². The molecule has 6 nitrogen and oxygen atoms in total. The van der Waals surface area contributed by atoms with Gasteiger partial charge in [0.1, 0.15) is 0 Å². The lowest BCUT2D eigenvalue weighted by Gasteiger charge is -2.54. The Labute approximate surface area is 176 Å². The summed E-state index contributed by atoms with van der Waals surface area (Å²) in [4.78, 5) is 4.72. The number of ether oxygens (including phenoxy) is 3. The van der Waals surface area contributed by atoms with Crippen LogP contribution < -0.4 is 10.6 Å². The van der Waals surface area contributed by atoms with E-state index in [1.165, 1.54) is 25.7 Å². The molecular weight excluding hydrogens is 445 g/mol. The van der Waals surface area contributed by atoms with Gasteiger partial charge in [-0.1, -0.05) is 12.8 Å². The van der Waals surface area contributed by atoms with E-state index in [1.54, 1.807) is 7.11 Å². The maximum absolute atomic E-state index is 6.01. The van der Waals surface area contributed by atoms with E-state index in [0.29, 0.717) is 30.8 Å². The van der Waals surface area contributed by atoms with Crippen LogP contribution in [0, 0.1) is 5.41 Å². The minimum atomic E-state index is 0. The number of nitrogens with one attached hydrogen (secondary N) is 2. The smallest absolute Gasteiger partial charge is 0.191 e. The van der Waals surface area contributed by atoms with Gasteiger partial charge in [0, 0.05) is 44.9 Å². The number of hydrogen-bond donors (Lipinski definition) is 2. The van der Waals surface area contributed by atoms with Crippen LogP contribution >= 0.6 is 24.0 Å². The Bertz CT molecular complexity index is 403. The summed E-state index contributed by atoms with van der Waals surface area (Å²) >= 11 is 0. The lowest BCUT2D eigenvalue weighted by molar-refractivity contribution is -0.125. The van der Waals surface area contributed by atoms with Gasteiger partial charge in [0.15, 0.2) is 5.96 Å². The molecule has 2 saturated carbocycles. The molecule has 0 amide bonds. The van der Waals surface area contributed by atoms with Gasteiger partial charge >= 0.3 is 0 Å². The average molecular weight is 483 g/mol. The van der Waals surface area contributed by atoms with Crippen LogP contribution in [-0.2, 0) is 14.2 Å². The summed E-state index contributed by atoms with van der Waals surface area (Å²) < 4.78 is 16.5. The molecule has 2 unspecified atom stereocenters. The zero-order valence-electron chi connectivity index (χ0n) is 16.7. The Morgan fingerprint density at radius 2 is 1.92 bits per heavy atom. The first-order valence-corrected chi connectivity index (χ1v) is 10.00. The third-order valence-electron chi connectivity index (χ3n) is 5.49. The summed E-state index contributed by atoms with van der Waals surface area (Å²) in [7, 11) is 1.69. The van der Waals surface area contributed by atoms with Crippen LogP contribution in [0.3, 0.4) is 0 Å². The third-order valence-corrected chi connectivity index (χ3v) is 5.49. The Balaban J connectivity index is 0.00000338. The van der Waals surface area contributed by atoms with Gasteiger partial charge in [-0.15, -0.1) is 24.0 Å². The fourth-order valence-electron chi connectivity index (χ4n) is 4.18. The number of nitrogens with zero attached hydrogens (tertiary/aromatic N) is 1. The van der Waals surface area contributed by atoms with Crippen LogP contribution in [0.15, 0.2) is 4.99 Å². The Morgan fingerprint density at radius 1 is 1.15 bits per heavy atom. The van der Waals surface area contributed by atoms with Gasteiger partial charge in [0.25, 0.3) is 0 Å². The summed E-state index contributed by atoms with van der Waals surface area (Å²) in [5.41, 5.74) is 0.329. The van der Waals surface area contributed by atoms with Gasteiger partial charge in [-0.05, 0) is 39.5 Å². The van der Waals surface area contributed by atoms with E-state index in [2.05, 4.69) is 24.5 Å². The maximum Gasteiger partial charge on any atom is 0.191 e. The molecule has 26 heavy (non-hydrogen) atoms. The molecule has 0 heterocycles. The lowest BCUT2D eigenvalue weighted by Crippen LogP contribution is -2.65. The highest BCUT2D eigenvalue weighted by Crippen LogP contribution is 2.54. The molecule has 1 spiro atoms. The van der Waals surface area contributed by atoms with Crippen molar-refractivity contribution in [3.05, 3.63) is 0 Å². The first-order chi connectivity index (χ1) is 12.3. The molecule has 2 fully saturated rings. The molecule has 0 aromatic carbocycles. The molecule has 2 N–H and O–H groups in total. The van der Waals surface area contributed by atoms with Crippen molar-refractivity contribution in [3.8, 4) is 0 Å². The molecular formula is C19H38IN3O3. The number of methoxy groups -OCH3 is 1.